The van der Waals surface area contributed by atoms with E-state index in [1.54, 1.807) is 0 Å². The fourth-order valence-corrected chi connectivity index (χ4v) is 3.32. The SMILES string of the molecule is Cc1cnc(CCNC(=O)C2CCCC2)n1Cc1ccccc1. The summed E-state index contributed by atoms with van der Waals surface area (Å²) in [4.78, 5) is 16.6. The first-order chi connectivity index (χ1) is 11.2. The predicted octanol–water partition coefficient (Wildman–Crippen LogP) is 3.09. The highest BCUT2D eigenvalue weighted by atomic mass is 16.1. The normalized spacial score (nSPS) is 15.0. The van der Waals surface area contributed by atoms with Crippen LogP contribution in [0.1, 0.15) is 42.8 Å². The summed E-state index contributed by atoms with van der Waals surface area (Å²) in [6, 6.07) is 10.4. The summed E-state index contributed by atoms with van der Waals surface area (Å²) in [6.45, 7) is 3.58. The molecule has 1 fully saturated rings. The van der Waals surface area contributed by atoms with E-state index in [4.69, 9.17) is 0 Å². The molecule has 4 heteroatoms. The average Bonchev–Trinajstić information content (AvgIpc) is 3.21. The van der Waals surface area contributed by atoms with E-state index in [0.717, 1.165) is 37.3 Å². The van der Waals surface area contributed by atoms with Gasteiger partial charge in [0.1, 0.15) is 5.82 Å². The van der Waals surface area contributed by atoms with Crippen LogP contribution in [0.15, 0.2) is 36.5 Å². The van der Waals surface area contributed by atoms with Crippen molar-refractivity contribution in [2.24, 2.45) is 5.92 Å². The smallest absolute Gasteiger partial charge is 0.223 e. The molecule has 2 aromatic rings. The molecule has 1 heterocycles. The van der Waals surface area contributed by atoms with E-state index in [2.05, 4.69) is 46.1 Å². The lowest BCUT2D eigenvalue weighted by Gasteiger charge is -2.12. The van der Waals surface area contributed by atoms with Crippen LogP contribution in [0.2, 0.25) is 0 Å². The number of benzene rings is 1. The lowest BCUT2D eigenvalue weighted by molar-refractivity contribution is -0.124. The molecule has 0 aliphatic heterocycles. The molecule has 0 saturated heterocycles. The summed E-state index contributed by atoms with van der Waals surface area (Å²) in [7, 11) is 0. The van der Waals surface area contributed by atoms with Crippen LogP contribution in [0.25, 0.3) is 0 Å². The molecule has 1 saturated carbocycles. The Labute approximate surface area is 137 Å². The third-order valence-corrected chi connectivity index (χ3v) is 4.70. The van der Waals surface area contributed by atoms with Gasteiger partial charge >= 0.3 is 0 Å². The Balaban J connectivity index is 1.57. The molecular weight excluding hydrogens is 286 g/mol. The number of amides is 1. The Morgan fingerprint density at radius 3 is 2.74 bits per heavy atom. The zero-order valence-electron chi connectivity index (χ0n) is 13.8. The van der Waals surface area contributed by atoms with Crippen molar-refractivity contribution in [3.63, 3.8) is 0 Å². The van der Waals surface area contributed by atoms with Crippen LogP contribution < -0.4 is 5.32 Å². The number of rotatable bonds is 6. The second-order valence-corrected chi connectivity index (χ2v) is 6.41. The standard InChI is InChI=1S/C19H25N3O/c1-15-13-21-18(22(15)14-16-7-3-2-4-8-16)11-12-20-19(23)17-9-5-6-10-17/h2-4,7-8,13,17H,5-6,9-12,14H2,1H3,(H,20,23). The molecule has 1 aromatic carbocycles. The Bertz CT molecular complexity index is 642. The maximum Gasteiger partial charge on any atom is 0.223 e. The molecule has 1 amide bonds. The van der Waals surface area contributed by atoms with Crippen molar-refractivity contribution in [1.29, 1.82) is 0 Å². The minimum atomic E-state index is 0.223. The van der Waals surface area contributed by atoms with E-state index >= 15 is 0 Å². The van der Waals surface area contributed by atoms with Gasteiger partial charge in [-0.05, 0) is 25.3 Å². The van der Waals surface area contributed by atoms with Crippen molar-refractivity contribution in [1.82, 2.24) is 14.9 Å². The summed E-state index contributed by atoms with van der Waals surface area (Å²) in [5.41, 5.74) is 2.43. The third-order valence-electron chi connectivity index (χ3n) is 4.70. The first-order valence-electron chi connectivity index (χ1n) is 8.56. The topological polar surface area (TPSA) is 46.9 Å². The van der Waals surface area contributed by atoms with Crippen molar-refractivity contribution in [3.05, 3.63) is 53.6 Å². The fraction of sp³-hybridized carbons (Fsp3) is 0.474. The minimum absolute atomic E-state index is 0.223. The minimum Gasteiger partial charge on any atom is -0.355 e. The van der Waals surface area contributed by atoms with Gasteiger partial charge in [0.25, 0.3) is 0 Å². The van der Waals surface area contributed by atoms with E-state index in [1.807, 2.05) is 12.3 Å². The molecule has 4 nitrogen and oxygen atoms in total. The maximum atomic E-state index is 12.1. The van der Waals surface area contributed by atoms with E-state index in [9.17, 15) is 4.79 Å². The van der Waals surface area contributed by atoms with Crippen LogP contribution in [0.3, 0.4) is 0 Å². The number of carbonyl (C=O) groups is 1. The van der Waals surface area contributed by atoms with Crippen molar-refractivity contribution in [2.75, 3.05) is 6.54 Å². The highest BCUT2D eigenvalue weighted by Gasteiger charge is 2.22. The van der Waals surface area contributed by atoms with Crippen molar-refractivity contribution >= 4 is 5.91 Å². The largest absolute Gasteiger partial charge is 0.355 e. The molecule has 0 spiro atoms. The monoisotopic (exact) mass is 311 g/mol. The van der Waals surface area contributed by atoms with Crippen LogP contribution in [-0.2, 0) is 17.8 Å². The van der Waals surface area contributed by atoms with Gasteiger partial charge in [-0.25, -0.2) is 4.98 Å². The van der Waals surface area contributed by atoms with Gasteiger partial charge in [-0.15, -0.1) is 0 Å². The highest BCUT2D eigenvalue weighted by molar-refractivity contribution is 5.78. The van der Waals surface area contributed by atoms with Gasteiger partial charge in [0.15, 0.2) is 0 Å². The van der Waals surface area contributed by atoms with Gasteiger partial charge in [0.05, 0.1) is 0 Å². The Kier molecular flexibility index (Phi) is 5.11. The highest BCUT2D eigenvalue weighted by Crippen LogP contribution is 2.24. The molecular formula is C19H25N3O. The summed E-state index contributed by atoms with van der Waals surface area (Å²) >= 11 is 0. The van der Waals surface area contributed by atoms with E-state index < -0.39 is 0 Å². The van der Waals surface area contributed by atoms with Gasteiger partial charge in [-0.1, -0.05) is 43.2 Å². The Hall–Kier alpha value is -2.10. The van der Waals surface area contributed by atoms with Crippen LogP contribution in [0.4, 0.5) is 0 Å². The van der Waals surface area contributed by atoms with Crippen LogP contribution in [0.5, 0.6) is 0 Å². The Morgan fingerprint density at radius 1 is 1.26 bits per heavy atom. The molecule has 1 aliphatic carbocycles. The zero-order chi connectivity index (χ0) is 16.1. The third kappa shape index (κ3) is 4.01. The number of imidazole rings is 1. The molecule has 3 rings (SSSR count). The van der Waals surface area contributed by atoms with Crippen LogP contribution in [0, 0.1) is 12.8 Å². The molecule has 0 atom stereocenters. The summed E-state index contributed by atoms with van der Waals surface area (Å²) in [5, 5.41) is 3.08. The molecule has 122 valence electrons. The number of nitrogens with zero attached hydrogens (tertiary/aromatic N) is 2. The van der Waals surface area contributed by atoms with Crippen molar-refractivity contribution in [2.45, 2.75) is 45.6 Å². The number of aryl methyl sites for hydroxylation is 1. The predicted molar refractivity (Wildman–Crippen MR) is 91.2 cm³/mol. The summed E-state index contributed by atoms with van der Waals surface area (Å²) in [6.07, 6.45) is 7.18. The van der Waals surface area contributed by atoms with Gasteiger partial charge in [-0.2, -0.15) is 0 Å². The second kappa shape index (κ2) is 7.44. The Morgan fingerprint density at radius 2 is 2.00 bits per heavy atom. The molecule has 0 unspecified atom stereocenters. The zero-order valence-corrected chi connectivity index (χ0v) is 13.8. The van der Waals surface area contributed by atoms with Gasteiger partial charge in [-0.3, -0.25) is 4.79 Å². The lowest BCUT2D eigenvalue weighted by atomic mass is 10.1. The number of nitrogens with one attached hydrogen (secondary N) is 1. The number of aromatic nitrogens is 2. The van der Waals surface area contributed by atoms with E-state index in [1.165, 1.54) is 18.4 Å². The molecule has 1 aromatic heterocycles. The van der Waals surface area contributed by atoms with Crippen LogP contribution >= 0.6 is 0 Å². The van der Waals surface area contributed by atoms with Crippen molar-refractivity contribution in [3.8, 4) is 0 Å². The number of carbonyl (C=O) groups excluding carboxylic acids is 1. The molecule has 1 N–H and O–H groups in total. The van der Waals surface area contributed by atoms with Gasteiger partial charge in [0, 0.05) is 37.3 Å². The number of hydrogen-bond donors (Lipinski definition) is 1. The molecule has 0 radical (unpaired) electrons. The average molecular weight is 311 g/mol. The lowest BCUT2D eigenvalue weighted by Crippen LogP contribution is -2.31. The van der Waals surface area contributed by atoms with E-state index in [0.29, 0.717) is 6.54 Å². The number of hydrogen-bond acceptors (Lipinski definition) is 2. The molecule has 1 aliphatic rings. The molecule has 0 bridgehead atoms. The van der Waals surface area contributed by atoms with E-state index in [-0.39, 0.29) is 11.8 Å². The maximum absolute atomic E-state index is 12.1. The van der Waals surface area contributed by atoms with Crippen molar-refractivity contribution < 1.29 is 4.79 Å². The summed E-state index contributed by atoms with van der Waals surface area (Å²) < 4.78 is 2.23. The quantitative estimate of drug-likeness (QED) is 0.891. The van der Waals surface area contributed by atoms with Gasteiger partial charge in [0.2, 0.25) is 5.91 Å². The first kappa shape index (κ1) is 15.8. The van der Waals surface area contributed by atoms with Gasteiger partial charge < -0.3 is 9.88 Å². The first-order valence-corrected chi connectivity index (χ1v) is 8.56. The summed E-state index contributed by atoms with van der Waals surface area (Å²) in [5.74, 6) is 1.50. The second-order valence-electron chi connectivity index (χ2n) is 6.41. The van der Waals surface area contributed by atoms with Crippen LogP contribution in [-0.4, -0.2) is 22.0 Å². The fourth-order valence-electron chi connectivity index (χ4n) is 3.32. The molecule has 23 heavy (non-hydrogen) atoms.